The van der Waals surface area contributed by atoms with Crippen molar-refractivity contribution in [3.8, 4) is 0 Å². The van der Waals surface area contributed by atoms with E-state index in [1.54, 1.807) is 6.26 Å². The molecule has 3 nitrogen and oxygen atoms in total. The Hall–Kier alpha value is -0.700. The van der Waals surface area contributed by atoms with Gasteiger partial charge in [-0.2, -0.15) is 4.98 Å². The normalized spacial score (nSPS) is 10.9. The quantitative estimate of drug-likeness (QED) is 0.709. The number of nitrogens with zero attached hydrogens (tertiary/aromatic N) is 2. The fraction of sp³-hybridized carbons (Fsp3) is 0.700. The number of oxazole rings is 1. The third kappa shape index (κ3) is 2.41. The van der Waals surface area contributed by atoms with Gasteiger partial charge in [-0.15, -0.1) is 11.6 Å². The SMILES string of the molecule is CCC(CC)N(C)c1nc(CCl)co1. The molecule has 0 N–H and O–H groups in total. The van der Waals surface area contributed by atoms with Crippen LogP contribution in [0.2, 0.25) is 0 Å². The molecular formula is C10H17ClN2O. The summed E-state index contributed by atoms with van der Waals surface area (Å²) in [6.07, 6.45) is 3.79. The molecule has 1 heterocycles. The molecule has 0 spiro atoms. The molecule has 4 heteroatoms. The van der Waals surface area contributed by atoms with E-state index in [4.69, 9.17) is 16.0 Å². The van der Waals surface area contributed by atoms with E-state index in [-0.39, 0.29) is 0 Å². The number of hydrogen-bond acceptors (Lipinski definition) is 3. The molecule has 0 unspecified atom stereocenters. The van der Waals surface area contributed by atoms with E-state index in [0.717, 1.165) is 18.5 Å². The zero-order valence-corrected chi connectivity index (χ0v) is 9.71. The summed E-state index contributed by atoms with van der Waals surface area (Å²) in [6.45, 7) is 4.33. The van der Waals surface area contributed by atoms with Crippen molar-refractivity contribution < 1.29 is 4.42 Å². The van der Waals surface area contributed by atoms with Gasteiger partial charge in [0.15, 0.2) is 0 Å². The first-order valence-corrected chi connectivity index (χ1v) is 5.49. The Labute approximate surface area is 90.1 Å². The minimum Gasteiger partial charge on any atom is -0.432 e. The van der Waals surface area contributed by atoms with Crippen LogP contribution in [0.5, 0.6) is 0 Å². The summed E-state index contributed by atoms with van der Waals surface area (Å²) >= 11 is 5.65. The highest BCUT2D eigenvalue weighted by atomic mass is 35.5. The van der Waals surface area contributed by atoms with Crippen LogP contribution in [0.15, 0.2) is 10.7 Å². The van der Waals surface area contributed by atoms with Crippen molar-refractivity contribution in [2.75, 3.05) is 11.9 Å². The predicted molar refractivity (Wildman–Crippen MR) is 58.8 cm³/mol. The lowest BCUT2D eigenvalue weighted by atomic mass is 10.1. The standard InChI is InChI=1S/C10H17ClN2O/c1-4-9(5-2)13(3)10-12-8(6-11)7-14-10/h7,9H,4-6H2,1-3H3. The van der Waals surface area contributed by atoms with Gasteiger partial charge in [-0.05, 0) is 12.8 Å². The van der Waals surface area contributed by atoms with Gasteiger partial charge >= 0.3 is 0 Å². The third-order valence-electron chi connectivity index (χ3n) is 2.47. The molecular weight excluding hydrogens is 200 g/mol. The summed E-state index contributed by atoms with van der Waals surface area (Å²) in [5.74, 6) is 0.403. The minimum absolute atomic E-state index is 0.403. The van der Waals surface area contributed by atoms with Crippen LogP contribution in [0.3, 0.4) is 0 Å². The molecule has 0 saturated carbocycles. The minimum atomic E-state index is 0.403. The molecule has 0 fully saturated rings. The average Bonchev–Trinajstić information content (AvgIpc) is 2.67. The number of halogens is 1. The number of hydrogen-bond donors (Lipinski definition) is 0. The van der Waals surface area contributed by atoms with Gasteiger partial charge in [0.1, 0.15) is 6.26 Å². The second-order valence-corrected chi connectivity index (χ2v) is 3.60. The number of alkyl halides is 1. The largest absolute Gasteiger partial charge is 0.432 e. The van der Waals surface area contributed by atoms with Crippen molar-refractivity contribution in [3.05, 3.63) is 12.0 Å². The van der Waals surface area contributed by atoms with Gasteiger partial charge in [0.25, 0.3) is 6.01 Å². The van der Waals surface area contributed by atoms with Crippen LogP contribution >= 0.6 is 11.6 Å². The second-order valence-electron chi connectivity index (χ2n) is 3.34. The lowest BCUT2D eigenvalue weighted by Crippen LogP contribution is -2.30. The summed E-state index contributed by atoms with van der Waals surface area (Å²) in [5, 5.41) is 0. The van der Waals surface area contributed by atoms with E-state index >= 15 is 0 Å². The van der Waals surface area contributed by atoms with E-state index in [0.29, 0.717) is 17.9 Å². The summed E-state index contributed by atoms with van der Waals surface area (Å²) < 4.78 is 5.33. The summed E-state index contributed by atoms with van der Waals surface area (Å²) in [7, 11) is 2.00. The maximum atomic E-state index is 5.65. The van der Waals surface area contributed by atoms with Crippen molar-refractivity contribution in [2.24, 2.45) is 0 Å². The van der Waals surface area contributed by atoms with Crippen LogP contribution in [-0.2, 0) is 5.88 Å². The Balaban J connectivity index is 2.72. The van der Waals surface area contributed by atoms with Gasteiger partial charge in [-0.1, -0.05) is 13.8 Å². The molecule has 1 aromatic rings. The van der Waals surface area contributed by atoms with Gasteiger partial charge in [-0.3, -0.25) is 0 Å². The summed E-state index contributed by atoms with van der Waals surface area (Å²) in [6, 6.07) is 1.14. The molecule has 0 bridgehead atoms. The molecule has 0 aliphatic heterocycles. The lowest BCUT2D eigenvalue weighted by Gasteiger charge is -2.24. The molecule has 80 valence electrons. The molecule has 14 heavy (non-hydrogen) atoms. The smallest absolute Gasteiger partial charge is 0.297 e. The van der Waals surface area contributed by atoms with Gasteiger partial charge < -0.3 is 9.32 Å². The summed E-state index contributed by atoms with van der Waals surface area (Å²) in [5.41, 5.74) is 0.791. The van der Waals surface area contributed by atoms with Gasteiger partial charge in [-0.25, -0.2) is 0 Å². The predicted octanol–water partition coefficient (Wildman–Crippen LogP) is 3.04. The Morgan fingerprint density at radius 3 is 2.57 bits per heavy atom. The fourth-order valence-electron chi connectivity index (χ4n) is 1.51. The molecule has 0 atom stereocenters. The Kier molecular flexibility index (Phi) is 4.26. The van der Waals surface area contributed by atoms with Crippen molar-refractivity contribution in [1.29, 1.82) is 0 Å². The van der Waals surface area contributed by atoms with Crippen molar-refractivity contribution in [2.45, 2.75) is 38.6 Å². The first-order chi connectivity index (χ1) is 6.72. The maximum Gasteiger partial charge on any atom is 0.297 e. The molecule has 0 aromatic carbocycles. The molecule has 1 rings (SSSR count). The van der Waals surface area contributed by atoms with Crippen LogP contribution < -0.4 is 4.90 Å². The fourth-order valence-corrected chi connectivity index (χ4v) is 1.63. The number of aromatic nitrogens is 1. The van der Waals surface area contributed by atoms with Crippen molar-refractivity contribution in [1.82, 2.24) is 4.98 Å². The van der Waals surface area contributed by atoms with E-state index < -0.39 is 0 Å². The topological polar surface area (TPSA) is 29.3 Å². The van der Waals surface area contributed by atoms with Crippen molar-refractivity contribution >= 4 is 17.6 Å². The van der Waals surface area contributed by atoms with Crippen LogP contribution in [0.4, 0.5) is 6.01 Å². The third-order valence-corrected chi connectivity index (χ3v) is 2.74. The first-order valence-electron chi connectivity index (χ1n) is 4.96. The van der Waals surface area contributed by atoms with Gasteiger partial charge in [0.05, 0.1) is 11.6 Å². The zero-order chi connectivity index (χ0) is 10.6. The highest BCUT2D eigenvalue weighted by Gasteiger charge is 2.15. The van der Waals surface area contributed by atoms with Crippen LogP contribution in [0.1, 0.15) is 32.4 Å². The monoisotopic (exact) mass is 216 g/mol. The summed E-state index contributed by atoms with van der Waals surface area (Å²) in [4.78, 5) is 6.34. The van der Waals surface area contributed by atoms with Gasteiger partial charge in [0.2, 0.25) is 0 Å². The number of rotatable bonds is 5. The molecule has 0 aliphatic rings. The van der Waals surface area contributed by atoms with E-state index in [1.807, 2.05) is 7.05 Å². The van der Waals surface area contributed by atoms with Crippen LogP contribution in [0.25, 0.3) is 0 Å². The molecule has 0 aliphatic carbocycles. The Morgan fingerprint density at radius 1 is 1.50 bits per heavy atom. The van der Waals surface area contributed by atoms with E-state index in [9.17, 15) is 0 Å². The number of anilines is 1. The molecule has 0 radical (unpaired) electrons. The van der Waals surface area contributed by atoms with Crippen LogP contribution in [-0.4, -0.2) is 18.1 Å². The second kappa shape index (κ2) is 5.25. The van der Waals surface area contributed by atoms with E-state index in [2.05, 4.69) is 23.7 Å². The zero-order valence-electron chi connectivity index (χ0n) is 8.96. The highest BCUT2D eigenvalue weighted by Crippen LogP contribution is 2.18. The molecule has 0 saturated heterocycles. The van der Waals surface area contributed by atoms with E-state index in [1.165, 1.54) is 0 Å². The van der Waals surface area contributed by atoms with Gasteiger partial charge in [0, 0.05) is 13.1 Å². The Morgan fingerprint density at radius 2 is 2.14 bits per heavy atom. The lowest BCUT2D eigenvalue weighted by molar-refractivity contribution is 0.496. The average molecular weight is 217 g/mol. The first kappa shape index (κ1) is 11.4. The Bertz CT molecular complexity index is 271. The molecule has 0 amide bonds. The van der Waals surface area contributed by atoms with Crippen LogP contribution in [0, 0.1) is 0 Å². The molecule has 1 aromatic heterocycles. The highest BCUT2D eigenvalue weighted by molar-refractivity contribution is 6.16. The maximum absolute atomic E-state index is 5.65. The van der Waals surface area contributed by atoms with Crippen molar-refractivity contribution in [3.63, 3.8) is 0 Å².